The van der Waals surface area contributed by atoms with E-state index in [9.17, 15) is 13.2 Å². The van der Waals surface area contributed by atoms with E-state index in [0.29, 0.717) is 24.2 Å². The smallest absolute Gasteiger partial charge is 0.406 e. The van der Waals surface area contributed by atoms with Crippen LogP contribution in [0, 0.1) is 5.92 Å². The fourth-order valence-electron chi connectivity index (χ4n) is 2.33. The second kappa shape index (κ2) is 7.08. The van der Waals surface area contributed by atoms with E-state index in [1.165, 1.54) is 37.1 Å². The summed E-state index contributed by atoms with van der Waals surface area (Å²) in [5.74, 6) is 0.627. The maximum Gasteiger partial charge on any atom is 0.573 e. The van der Waals surface area contributed by atoms with Gasteiger partial charge in [0, 0.05) is 11.7 Å². The van der Waals surface area contributed by atoms with Gasteiger partial charge in [0.15, 0.2) is 5.96 Å². The minimum absolute atomic E-state index is 0.238. The second-order valence-electron chi connectivity index (χ2n) is 5.79. The number of nitrogens with two attached hydrogens (primary N) is 1. The maximum atomic E-state index is 12.1. The molecule has 0 radical (unpaired) electrons. The third kappa shape index (κ3) is 5.97. The van der Waals surface area contributed by atoms with Crippen LogP contribution in [0.25, 0.3) is 0 Å². The minimum atomic E-state index is -4.70. The lowest BCUT2D eigenvalue weighted by Gasteiger charge is -2.22. The molecule has 0 heterocycles. The quantitative estimate of drug-likeness (QED) is 0.622. The Morgan fingerprint density at radius 3 is 2.43 bits per heavy atom. The van der Waals surface area contributed by atoms with Crippen LogP contribution in [0.2, 0.25) is 0 Å². The normalized spacial score (nSPS) is 17.2. The van der Waals surface area contributed by atoms with Gasteiger partial charge in [-0.1, -0.05) is 0 Å². The average Bonchev–Trinajstić information content (AvgIpc) is 3.24. The lowest BCUT2D eigenvalue weighted by molar-refractivity contribution is -0.274. The molecule has 23 heavy (non-hydrogen) atoms. The summed E-state index contributed by atoms with van der Waals surface area (Å²) in [4.78, 5) is 6.45. The van der Waals surface area contributed by atoms with Crippen molar-refractivity contribution >= 4 is 11.6 Å². The van der Waals surface area contributed by atoms with Crippen molar-refractivity contribution in [1.29, 1.82) is 0 Å². The number of nitrogens with zero attached hydrogens (tertiary/aromatic N) is 2. The van der Waals surface area contributed by atoms with Gasteiger partial charge in [0.1, 0.15) is 5.75 Å². The Kier molecular flexibility index (Phi) is 5.35. The topological polar surface area (TPSA) is 62.9 Å². The second-order valence-corrected chi connectivity index (χ2v) is 5.79. The Bertz CT molecular complexity index is 537. The highest BCUT2D eigenvalue weighted by Crippen LogP contribution is 2.34. The molecule has 2 rings (SSSR count). The van der Waals surface area contributed by atoms with Crippen molar-refractivity contribution in [1.82, 2.24) is 4.90 Å². The number of alkyl halides is 3. The maximum absolute atomic E-state index is 12.1. The van der Waals surface area contributed by atoms with Crippen LogP contribution in [0.4, 0.5) is 18.9 Å². The number of hydrogen-bond acceptors (Lipinski definition) is 3. The van der Waals surface area contributed by atoms with Gasteiger partial charge in [0.05, 0.1) is 6.54 Å². The van der Waals surface area contributed by atoms with Crippen molar-refractivity contribution in [2.24, 2.45) is 16.6 Å². The van der Waals surface area contributed by atoms with Gasteiger partial charge in [-0.05, 0) is 57.1 Å². The van der Waals surface area contributed by atoms with Crippen molar-refractivity contribution < 1.29 is 17.9 Å². The third-order valence-electron chi connectivity index (χ3n) is 3.64. The van der Waals surface area contributed by atoms with Crippen molar-refractivity contribution in [3.8, 4) is 5.75 Å². The predicted octanol–water partition coefficient (Wildman–Crippen LogP) is 2.65. The lowest BCUT2D eigenvalue weighted by Crippen LogP contribution is -2.34. The molecule has 1 aliphatic rings. The molecule has 0 saturated heterocycles. The van der Waals surface area contributed by atoms with Gasteiger partial charge in [-0.2, -0.15) is 0 Å². The number of likely N-dealkylation sites (N-methyl/N-ethyl adjacent to an activating group) is 1. The standard InChI is InChI=1S/C15H21F3N4O/c1-22(2)13(10-3-4-10)9-20-14(19)21-11-5-7-12(8-6-11)23-15(16,17)18/h5-8,10,13H,3-4,9H2,1-2H3,(H3,19,20,21). The Hall–Kier alpha value is -1.96. The molecule has 5 nitrogen and oxygen atoms in total. The van der Waals surface area contributed by atoms with Crippen LogP contribution in [-0.4, -0.2) is 43.9 Å². The highest BCUT2D eigenvalue weighted by Gasteiger charge is 2.32. The molecular formula is C15H21F3N4O. The zero-order chi connectivity index (χ0) is 17.0. The fraction of sp³-hybridized carbons (Fsp3) is 0.533. The highest BCUT2D eigenvalue weighted by molar-refractivity contribution is 5.92. The van der Waals surface area contributed by atoms with Gasteiger partial charge >= 0.3 is 6.36 Å². The molecule has 3 N–H and O–H groups in total. The van der Waals surface area contributed by atoms with Crippen LogP contribution < -0.4 is 15.8 Å². The molecule has 1 unspecified atom stereocenters. The number of nitrogens with one attached hydrogen (secondary N) is 1. The van der Waals surface area contributed by atoms with Gasteiger partial charge in [0.25, 0.3) is 0 Å². The first-order chi connectivity index (χ1) is 10.7. The highest BCUT2D eigenvalue weighted by atomic mass is 19.4. The van der Waals surface area contributed by atoms with E-state index < -0.39 is 6.36 Å². The van der Waals surface area contributed by atoms with Crippen LogP contribution in [0.1, 0.15) is 12.8 Å². The minimum Gasteiger partial charge on any atom is -0.406 e. The Balaban J connectivity index is 1.89. The number of ether oxygens (including phenoxy) is 1. The van der Waals surface area contributed by atoms with Gasteiger partial charge < -0.3 is 20.7 Å². The van der Waals surface area contributed by atoms with E-state index in [0.717, 1.165) is 0 Å². The number of anilines is 1. The number of halogens is 3. The van der Waals surface area contributed by atoms with E-state index >= 15 is 0 Å². The van der Waals surface area contributed by atoms with E-state index in [4.69, 9.17) is 5.73 Å². The Morgan fingerprint density at radius 1 is 1.35 bits per heavy atom. The van der Waals surface area contributed by atoms with Crippen LogP contribution >= 0.6 is 0 Å². The number of aliphatic imine (C=N–C) groups is 1. The number of benzene rings is 1. The Morgan fingerprint density at radius 2 is 1.96 bits per heavy atom. The molecule has 1 atom stereocenters. The van der Waals surface area contributed by atoms with Gasteiger partial charge in [-0.25, -0.2) is 0 Å². The zero-order valence-corrected chi connectivity index (χ0v) is 13.1. The predicted molar refractivity (Wildman–Crippen MR) is 83.4 cm³/mol. The fourth-order valence-corrected chi connectivity index (χ4v) is 2.33. The number of guanidine groups is 1. The summed E-state index contributed by atoms with van der Waals surface area (Å²) in [6.45, 7) is 0.589. The first-order valence-electron chi connectivity index (χ1n) is 7.34. The van der Waals surface area contributed by atoms with Crippen LogP contribution in [0.3, 0.4) is 0 Å². The van der Waals surface area contributed by atoms with Crippen LogP contribution in [0.15, 0.2) is 29.3 Å². The first kappa shape index (κ1) is 17.4. The Labute approximate surface area is 133 Å². The summed E-state index contributed by atoms with van der Waals surface area (Å²) in [6, 6.07) is 5.70. The number of hydrogen-bond donors (Lipinski definition) is 2. The molecule has 1 aliphatic carbocycles. The zero-order valence-electron chi connectivity index (χ0n) is 13.1. The molecule has 1 fully saturated rings. The summed E-state index contributed by atoms with van der Waals surface area (Å²) in [7, 11) is 4.03. The van der Waals surface area contributed by atoms with Crippen molar-refractivity contribution in [2.45, 2.75) is 25.2 Å². The summed E-state index contributed by atoms with van der Waals surface area (Å²) in [5, 5.41) is 2.86. The molecular weight excluding hydrogens is 309 g/mol. The van der Waals surface area contributed by atoms with E-state index in [1.807, 2.05) is 14.1 Å². The third-order valence-corrected chi connectivity index (χ3v) is 3.64. The monoisotopic (exact) mass is 330 g/mol. The average molecular weight is 330 g/mol. The van der Waals surface area contributed by atoms with Crippen LogP contribution in [-0.2, 0) is 0 Å². The summed E-state index contributed by atoms with van der Waals surface area (Å²) >= 11 is 0. The van der Waals surface area contributed by atoms with E-state index in [2.05, 4.69) is 19.9 Å². The molecule has 0 amide bonds. The molecule has 1 saturated carbocycles. The SMILES string of the molecule is CN(C)C(CN=C(N)Nc1ccc(OC(F)(F)F)cc1)C1CC1. The first-order valence-corrected chi connectivity index (χ1v) is 7.34. The van der Waals surface area contributed by atoms with Gasteiger partial charge in [-0.15, -0.1) is 13.2 Å². The molecule has 1 aromatic carbocycles. The molecule has 0 aromatic heterocycles. The van der Waals surface area contributed by atoms with Crippen molar-refractivity contribution in [2.75, 3.05) is 26.0 Å². The van der Waals surface area contributed by atoms with Crippen molar-refractivity contribution in [3.63, 3.8) is 0 Å². The van der Waals surface area contributed by atoms with E-state index in [-0.39, 0.29) is 11.7 Å². The number of rotatable bonds is 6. The molecule has 0 aliphatic heterocycles. The summed E-state index contributed by atoms with van der Waals surface area (Å²) in [6.07, 6.45) is -2.27. The van der Waals surface area contributed by atoms with Crippen molar-refractivity contribution in [3.05, 3.63) is 24.3 Å². The van der Waals surface area contributed by atoms with Gasteiger partial charge in [-0.3, -0.25) is 4.99 Å². The van der Waals surface area contributed by atoms with E-state index in [1.54, 1.807) is 0 Å². The largest absolute Gasteiger partial charge is 0.573 e. The molecule has 1 aromatic rings. The summed E-state index contributed by atoms with van der Waals surface area (Å²) in [5.41, 5.74) is 6.37. The molecule has 8 heteroatoms. The summed E-state index contributed by atoms with van der Waals surface area (Å²) < 4.78 is 40.1. The lowest BCUT2D eigenvalue weighted by atomic mass is 10.2. The van der Waals surface area contributed by atoms with Gasteiger partial charge in [0.2, 0.25) is 0 Å². The molecule has 0 bridgehead atoms. The molecule has 0 spiro atoms. The van der Waals surface area contributed by atoms with Crippen LogP contribution in [0.5, 0.6) is 5.75 Å². The molecule has 128 valence electrons.